The fourth-order valence-corrected chi connectivity index (χ4v) is 6.36. The maximum Gasteiger partial charge on any atom is 0.272 e. The number of ether oxygens (including phenoxy) is 2. The number of benzene rings is 3. The van der Waals surface area contributed by atoms with E-state index in [1.807, 2.05) is 12.3 Å². The van der Waals surface area contributed by atoms with Gasteiger partial charge in [-0.2, -0.15) is 5.10 Å². The van der Waals surface area contributed by atoms with Crippen molar-refractivity contribution in [2.45, 2.75) is 32.1 Å². The number of nitrogen functional groups attached to an aromatic ring is 1. The number of piperidine rings is 1. The Bertz CT molecular complexity index is 1880. The SMILES string of the molecule is CSN1CCC(c2cc3[nH]c(C(=O)c4cnn(-c5c(C)cc(Oc6ccccc6F)cc5F)c4N)cc3cc2OCC(F)F)CC1. The summed E-state index contributed by atoms with van der Waals surface area (Å²) in [6.07, 6.45) is 2.33. The molecule has 240 valence electrons. The first kappa shape index (κ1) is 31.5. The molecule has 1 aliphatic heterocycles. The normalized spacial score (nSPS) is 14.3. The van der Waals surface area contributed by atoms with Gasteiger partial charge in [0.1, 0.15) is 29.6 Å². The number of carbonyl (C=O) groups excluding carboxylic acids is 1. The van der Waals surface area contributed by atoms with E-state index in [9.17, 15) is 18.0 Å². The van der Waals surface area contributed by atoms with Crippen molar-refractivity contribution in [1.82, 2.24) is 19.1 Å². The third-order valence-electron chi connectivity index (χ3n) is 8.07. The number of H-pyrrole nitrogens is 1. The molecule has 0 saturated carbocycles. The van der Waals surface area contributed by atoms with E-state index in [-0.39, 0.29) is 40.2 Å². The van der Waals surface area contributed by atoms with Crippen LogP contribution in [0.25, 0.3) is 16.6 Å². The molecule has 6 rings (SSSR count). The average Bonchev–Trinajstić information content (AvgIpc) is 3.63. The van der Waals surface area contributed by atoms with Crippen molar-refractivity contribution < 1.29 is 31.8 Å². The van der Waals surface area contributed by atoms with Gasteiger partial charge in [0.2, 0.25) is 5.78 Å². The number of para-hydroxylation sites is 1. The van der Waals surface area contributed by atoms with Crippen LogP contribution in [-0.2, 0) is 0 Å². The number of aromatic amines is 1. The van der Waals surface area contributed by atoms with Crippen molar-refractivity contribution >= 4 is 34.5 Å². The van der Waals surface area contributed by atoms with Crippen LogP contribution in [0.1, 0.15) is 45.9 Å². The number of rotatable bonds is 10. The van der Waals surface area contributed by atoms with Crippen LogP contribution in [0.15, 0.2) is 60.8 Å². The molecule has 1 fully saturated rings. The fourth-order valence-electron chi connectivity index (χ4n) is 5.79. The monoisotopic (exact) mass is 653 g/mol. The molecular weight excluding hydrogens is 622 g/mol. The largest absolute Gasteiger partial charge is 0.487 e. The number of nitrogens with zero attached hydrogens (tertiary/aromatic N) is 3. The molecule has 0 bridgehead atoms. The summed E-state index contributed by atoms with van der Waals surface area (Å²) in [7, 11) is 0. The zero-order chi connectivity index (χ0) is 32.5. The highest BCUT2D eigenvalue weighted by molar-refractivity contribution is 7.96. The van der Waals surface area contributed by atoms with Crippen LogP contribution in [0.2, 0.25) is 0 Å². The van der Waals surface area contributed by atoms with Crippen LogP contribution in [0, 0.1) is 18.6 Å². The lowest BCUT2D eigenvalue weighted by molar-refractivity contribution is 0.0811. The van der Waals surface area contributed by atoms with Crippen LogP contribution < -0.4 is 15.2 Å². The van der Waals surface area contributed by atoms with Crippen molar-refractivity contribution in [2.75, 3.05) is 31.7 Å². The lowest BCUT2D eigenvalue weighted by Crippen LogP contribution is -2.27. The molecule has 13 heteroatoms. The highest BCUT2D eigenvalue weighted by atomic mass is 32.2. The summed E-state index contributed by atoms with van der Waals surface area (Å²) in [4.78, 5) is 16.8. The summed E-state index contributed by atoms with van der Waals surface area (Å²) >= 11 is 1.68. The van der Waals surface area contributed by atoms with Gasteiger partial charge in [0.25, 0.3) is 6.43 Å². The van der Waals surface area contributed by atoms with E-state index in [0.29, 0.717) is 22.2 Å². The van der Waals surface area contributed by atoms with Gasteiger partial charge in [0, 0.05) is 30.1 Å². The van der Waals surface area contributed by atoms with Crippen molar-refractivity contribution in [3.05, 3.63) is 94.8 Å². The number of nitrogens with one attached hydrogen (secondary N) is 1. The first-order valence-corrected chi connectivity index (χ1v) is 15.8. The van der Waals surface area contributed by atoms with Gasteiger partial charge in [-0.05, 0) is 79.5 Å². The number of anilines is 1. The van der Waals surface area contributed by atoms with Crippen molar-refractivity contribution in [3.8, 4) is 22.9 Å². The molecule has 3 N–H and O–H groups in total. The zero-order valence-electron chi connectivity index (χ0n) is 25.0. The van der Waals surface area contributed by atoms with E-state index in [2.05, 4.69) is 14.4 Å². The highest BCUT2D eigenvalue weighted by Gasteiger charge is 2.26. The number of ketones is 1. The Morgan fingerprint density at radius 3 is 2.54 bits per heavy atom. The molecule has 2 aromatic heterocycles. The average molecular weight is 654 g/mol. The fraction of sp³-hybridized carbons (Fsp3) is 0.273. The first-order valence-electron chi connectivity index (χ1n) is 14.6. The number of fused-ring (bicyclic) bond motifs is 1. The molecule has 0 amide bonds. The molecule has 5 aromatic rings. The van der Waals surface area contributed by atoms with Crippen molar-refractivity contribution in [1.29, 1.82) is 0 Å². The molecule has 3 aromatic carbocycles. The molecule has 3 heterocycles. The Balaban J connectivity index is 1.29. The minimum atomic E-state index is -2.63. The predicted octanol–water partition coefficient (Wildman–Crippen LogP) is 7.65. The van der Waals surface area contributed by atoms with Crippen LogP contribution >= 0.6 is 11.9 Å². The number of hydrogen-bond donors (Lipinski definition) is 2. The van der Waals surface area contributed by atoms with Gasteiger partial charge in [-0.1, -0.05) is 24.1 Å². The van der Waals surface area contributed by atoms with Gasteiger partial charge in [-0.3, -0.25) is 9.10 Å². The Labute approximate surface area is 266 Å². The van der Waals surface area contributed by atoms with E-state index in [4.69, 9.17) is 15.2 Å². The number of aryl methyl sites for hydroxylation is 1. The van der Waals surface area contributed by atoms with Gasteiger partial charge >= 0.3 is 0 Å². The quantitative estimate of drug-likeness (QED) is 0.0908. The van der Waals surface area contributed by atoms with Crippen LogP contribution in [-0.4, -0.2) is 57.2 Å². The highest BCUT2D eigenvalue weighted by Crippen LogP contribution is 2.39. The van der Waals surface area contributed by atoms with Gasteiger partial charge in [-0.25, -0.2) is 22.2 Å². The Morgan fingerprint density at radius 1 is 1.09 bits per heavy atom. The summed E-state index contributed by atoms with van der Waals surface area (Å²) < 4.78 is 70.1. The summed E-state index contributed by atoms with van der Waals surface area (Å²) in [5, 5.41) is 4.81. The standard InChI is InChI=1S/C33H31F4N5O3S/c1-18-11-21(45-28-6-4-3-5-24(28)34)14-25(35)31(18)42-33(38)23(16-39-42)32(43)27-12-20-13-29(44-17-30(36)37)22(15-26(20)40-27)19-7-9-41(46-2)10-8-19/h3-6,11-16,19,30,40H,7-10,17,38H2,1-2H3. The second kappa shape index (κ2) is 13.1. The molecular formula is C33H31F4N5O3S. The number of carbonyl (C=O) groups is 1. The third kappa shape index (κ3) is 6.29. The van der Waals surface area contributed by atoms with Crippen LogP contribution in [0.5, 0.6) is 17.2 Å². The molecule has 0 aliphatic carbocycles. The molecule has 0 spiro atoms. The number of alkyl halides is 2. The van der Waals surface area contributed by atoms with E-state index in [0.717, 1.165) is 42.2 Å². The van der Waals surface area contributed by atoms with Crippen molar-refractivity contribution in [2.24, 2.45) is 0 Å². The summed E-state index contributed by atoms with van der Waals surface area (Å²) in [5.74, 6) is -1.40. The van der Waals surface area contributed by atoms with Crippen LogP contribution in [0.3, 0.4) is 0 Å². The summed E-state index contributed by atoms with van der Waals surface area (Å²) in [6.45, 7) is 2.60. The van der Waals surface area contributed by atoms with Gasteiger partial charge < -0.3 is 20.2 Å². The predicted molar refractivity (Wildman–Crippen MR) is 169 cm³/mol. The van der Waals surface area contributed by atoms with Gasteiger partial charge in [0.05, 0.1) is 17.5 Å². The lowest BCUT2D eigenvalue weighted by atomic mass is 9.89. The molecule has 1 aliphatic rings. The lowest BCUT2D eigenvalue weighted by Gasteiger charge is -2.31. The molecule has 46 heavy (non-hydrogen) atoms. The molecule has 8 nitrogen and oxygen atoms in total. The third-order valence-corrected chi connectivity index (χ3v) is 8.95. The Kier molecular flexibility index (Phi) is 8.96. The minimum absolute atomic E-state index is 0.00654. The topological polar surface area (TPSA) is 98.4 Å². The Morgan fingerprint density at radius 2 is 1.85 bits per heavy atom. The first-order chi connectivity index (χ1) is 22.1. The van der Waals surface area contributed by atoms with E-state index >= 15 is 4.39 Å². The molecule has 1 saturated heterocycles. The maximum absolute atomic E-state index is 15.4. The number of hydrogen-bond acceptors (Lipinski definition) is 7. The van der Waals surface area contributed by atoms with Crippen LogP contribution in [0.4, 0.5) is 23.4 Å². The number of nitrogens with two attached hydrogens (primary N) is 1. The second-order valence-electron chi connectivity index (χ2n) is 11.0. The maximum atomic E-state index is 15.4. The zero-order valence-corrected chi connectivity index (χ0v) is 25.8. The van der Waals surface area contributed by atoms with E-state index < -0.39 is 30.5 Å². The minimum Gasteiger partial charge on any atom is -0.487 e. The second-order valence-corrected chi connectivity index (χ2v) is 11.9. The molecule has 0 atom stereocenters. The van der Waals surface area contributed by atoms with Crippen molar-refractivity contribution in [3.63, 3.8) is 0 Å². The smallest absolute Gasteiger partial charge is 0.272 e. The summed E-state index contributed by atoms with van der Waals surface area (Å²) in [6, 6.07) is 13.5. The van der Waals surface area contributed by atoms with E-state index in [1.54, 1.807) is 37.1 Å². The van der Waals surface area contributed by atoms with E-state index in [1.165, 1.54) is 30.5 Å². The molecule has 0 unspecified atom stereocenters. The molecule has 0 radical (unpaired) electrons. The summed E-state index contributed by atoms with van der Waals surface area (Å²) in [5.41, 5.74) is 8.43. The van der Waals surface area contributed by atoms with Gasteiger partial charge in [-0.15, -0.1) is 0 Å². The Hall–Kier alpha value is -4.49. The number of aromatic nitrogens is 3. The van der Waals surface area contributed by atoms with Gasteiger partial charge in [0.15, 0.2) is 17.4 Å². The number of halogens is 4.